The Kier molecular flexibility index (Phi) is 11.1. The summed E-state index contributed by atoms with van der Waals surface area (Å²) in [6.45, 7) is 16.6. The van der Waals surface area contributed by atoms with Gasteiger partial charge in [-0.05, 0) is 59.0 Å². The molecule has 1 aliphatic heterocycles. The van der Waals surface area contributed by atoms with Crippen LogP contribution in [0.3, 0.4) is 0 Å². The van der Waals surface area contributed by atoms with E-state index >= 15 is 0 Å². The molecule has 0 spiro atoms. The van der Waals surface area contributed by atoms with E-state index in [9.17, 15) is 9.90 Å². The quantitative estimate of drug-likeness (QED) is 0.616. The Hall–Kier alpha value is -0.930. The van der Waals surface area contributed by atoms with Crippen LogP contribution in [0.1, 0.15) is 80.1 Å². The molecule has 1 rings (SSSR count). The van der Waals surface area contributed by atoms with Crippen LogP contribution in [0.15, 0.2) is 23.8 Å². The molecule has 3 nitrogen and oxygen atoms in total. The molecule has 0 aromatic heterocycles. The number of allylic oxidation sites excluding steroid dienone is 2. The standard InChI is InChI=1S/C15H26O2.C6H12O/c1-11(2)8-9-13(14-7-6-10-17-14)15(5,16)12(3)4;1-3-5-6(7)4-2/h8,13-14,16H,3,6-7,9-10H2,1-2,4-5H3;3-5H2,1-2H3. The highest BCUT2D eigenvalue weighted by atomic mass is 16.5. The summed E-state index contributed by atoms with van der Waals surface area (Å²) in [5.41, 5.74) is 1.26. The zero-order chi connectivity index (χ0) is 18.8. The summed E-state index contributed by atoms with van der Waals surface area (Å²) >= 11 is 0. The molecule has 24 heavy (non-hydrogen) atoms. The van der Waals surface area contributed by atoms with Gasteiger partial charge in [-0.3, -0.25) is 4.79 Å². The van der Waals surface area contributed by atoms with Gasteiger partial charge >= 0.3 is 0 Å². The first-order valence-corrected chi connectivity index (χ1v) is 9.31. The second kappa shape index (κ2) is 11.6. The smallest absolute Gasteiger partial charge is 0.132 e. The van der Waals surface area contributed by atoms with Crippen molar-refractivity contribution in [2.45, 2.75) is 91.8 Å². The zero-order valence-electron chi connectivity index (χ0n) is 16.7. The SMILES string of the molecule is C=C(C)C(C)(O)C(CC=C(C)C)C1CCCO1.CCCC(=O)CC. The van der Waals surface area contributed by atoms with E-state index in [1.165, 1.54) is 5.57 Å². The predicted octanol–water partition coefficient (Wildman–Crippen LogP) is 5.23. The van der Waals surface area contributed by atoms with Gasteiger partial charge in [0.25, 0.3) is 0 Å². The maximum Gasteiger partial charge on any atom is 0.132 e. The number of carbonyl (C=O) groups excluding carboxylic acids is 1. The summed E-state index contributed by atoms with van der Waals surface area (Å²) in [6.07, 6.45) is 7.80. The Morgan fingerprint density at radius 3 is 2.33 bits per heavy atom. The fourth-order valence-electron chi connectivity index (χ4n) is 2.80. The van der Waals surface area contributed by atoms with Gasteiger partial charge in [-0.15, -0.1) is 0 Å². The summed E-state index contributed by atoms with van der Waals surface area (Å²) in [7, 11) is 0. The normalized spacial score (nSPS) is 20.4. The highest BCUT2D eigenvalue weighted by Gasteiger charge is 2.39. The molecule has 0 radical (unpaired) electrons. The third-order valence-electron chi connectivity index (χ3n) is 4.70. The van der Waals surface area contributed by atoms with E-state index in [0.717, 1.165) is 44.3 Å². The van der Waals surface area contributed by atoms with Crippen molar-refractivity contribution < 1.29 is 14.6 Å². The van der Waals surface area contributed by atoms with Crippen molar-refractivity contribution in [2.75, 3.05) is 6.61 Å². The number of carbonyl (C=O) groups is 1. The Balaban J connectivity index is 0.000000640. The molecule has 0 aromatic rings. The first kappa shape index (κ1) is 23.1. The van der Waals surface area contributed by atoms with Crippen LogP contribution in [0.5, 0.6) is 0 Å². The molecule has 3 heteroatoms. The topological polar surface area (TPSA) is 46.5 Å². The fourth-order valence-corrected chi connectivity index (χ4v) is 2.80. The first-order valence-electron chi connectivity index (χ1n) is 9.31. The molecule has 1 fully saturated rings. The number of aliphatic hydroxyl groups is 1. The van der Waals surface area contributed by atoms with Crippen LogP contribution in [-0.2, 0) is 9.53 Å². The van der Waals surface area contributed by atoms with Gasteiger partial charge in [0.05, 0.1) is 11.7 Å². The lowest BCUT2D eigenvalue weighted by Gasteiger charge is -2.36. The van der Waals surface area contributed by atoms with Gasteiger partial charge in [-0.25, -0.2) is 0 Å². The lowest BCUT2D eigenvalue weighted by molar-refractivity contribution is -0.118. The molecule has 0 bridgehead atoms. The van der Waals surface area contributed by atoms with Crippen LogP contribution < -0.4 is 0 Å². The molecular formula is C21H38O3. The summed E-state index contributed by atoms with van der Waals surface area (Å²) < 4.78 is 5.75. The van der Waals surface area contributed by atoms with Crippen molar-refractivity contribution in [1.29, 1.82) is 0 Å². The number of hydrogen-bond acceptors (Lipinski definition) is 3. The molecule has 1 saturated heterocycles. The largest absolute Gasteiger partial charge is 0.385 e. The molecule has 3 atom stereocenters. The summed E-state index contributed by atoms with van der Waals surface area (Å²) in [5, 5.41) is 10.6. The molecule has 0 aliphatic carbocycles. The number of ether oxygens (including phenoxy) is 1. The maximum absolute atomic E-state index is 10.6. The van der Waals surface area contributed by atoms with Crippen molar-refractivity contribution in [3.05, 3.63) is 23.8 Å². The van der Waals surface area contributed by atoms with E-state index in [4.69, 9.17) is 4.74 Å². The minimum absolute atomic E-state index is 0.109. The predicted molar refractivity (Wildman–Crippen MR) is 102 cm³/mol. The summed E-state index contributed by atoms with van der Waals surface area (Å²) in [5.74, 6) is 0.486. The highest BCUT2D eigenvalue weighted by molar-refractivity contribution is 5.77. The van der Waals surface area contributed by atoms with Crippen LogP contribution >= 0.6 is 0 Å². The average molecular weight is 339 g/mol. The number of rotatable bonds is 8. The molecule has 1 aliphatic rings. The summed E-state index contributed by atoms with van der Waals surface area (Å²) in [4.78, 5) is 10.4. The molecule has 0 amide bonds. The van der Waals surface area contributed by atoms with Crippen molar-refractivity contribution in [3.63, 3.8) is 0 Å². The zero-order valence-corrected chi connectivity index (χ0v) is 16.7. The number of ketones is 1. The number of Topliss-reactive ketones (excluding diaryl/α,β-unsaturated/α-hetero) is 1. The Morgan fingerprint density at radius 1 is 1.38 bits per heavy atom. The van der Waals surface area contributed by atoms with Gasteiger partial charge in [0.15, 0.2) is 0 Å². The summed E-state index contributed by atoms with van der Waals surface area (Å²) in [6, 6.07) is 0. The van der Waals surface area contributed by atoms with E-state index in [2.05, 4.69) is 26.5 Å². The van der Waals surface area contributed by atoms with E-state index < -0.39 is 5.60 Å². The second-order valence-corrected chi connectivity index (χ2v) is 7.25. The van der Waals surface area contributed by atoms with Gasteiger partial charge < -0.3 is 9.84 Å². The monoisotopic (exact) mass is 338 g/mol. The van der Waals surface area contributed by atoms with Gasteiger partial charge in [0.2, 0.25) is 0 Å². The third-order valence-corrected chi connectivity index (χ3v) is 4.70. The van der Waals surface area contributed by atoms with Crippen LogP contribution in [0.25, 0.3) is 0 Å². The molecule has 0 saturated carbocycles. The van der Waals surface area contributed by atoms with E-state index in [0.29, 0.717) is 12.2 Å². The number of hydrogen-bond donors (Lipinski definition) is 1. The van der Waals surface area contributed by atoms with Crippen molar-refractivity contribution in [2.24, 2.45) is 5.92 Å². The van der Waals surface area contributed by atoms with Gasteiger partial charge in [-0.2, -0.15) is 0 Å². The van der Waals surface area contributed by atoms with Crippen molar-refractivity contribution in [3.8, 4) is 0 Å². The van der Waals surface area contributed by atoms with Crippen molar-refractivity contribution >= 4 is 5.78 Å². The first-order chi connectivity index (χ1) is 11.2. The molecule has 1 heterocycles. The minimum Gasteiger partial charge on any atom is -0.385 e. The van der Waals surface area contributed by atoms with Gasteiger partial charge in [-0.1, -0.05) is 32.1 Å². The van der Waals surface area contributed by atoms with Crippen LogP contribution in [0.4, 0.5) is 0 Å². The Labute approximate surface area is 149 Å². The molecule has 1 N–H and O–H groups in total. The molecule has 3 unspecified atom stereocenters. The lowest BCUT2D eigenvalue weighted by atomic mass is 9.77. The van der Waals surface area contributed by atoms with Gasteiger partial charge in [0, 0.05) is 25.4 Å². The van der Waals surface area contributed by atoms with Crippen LogP contribution in [0.2, 0.25) is 0 Å². The van der Waals surface area contributed by atoms with E-state index in [1.54, 1.807) is 0 Å². The highest BCUT2D eigenvalue weighted by Crippen LogP contribution is 2.35. The van der Waals surface area contributed by atoms with Crippen molar-refractivity contribution in [1.82, 2.24) is 0 Å². The van der Waals surface area contributed by atoms with Crippen LogP contribution in [0, 0.1) is 5.92 Å². The Bertz CT molecular complexity index is 411. The maximum atomic E-state index is 10.6. The van der Waals surface area contributed by atoms with Crippen LogP contribution in [-0.4, -0.2) is 29.2 Å². The minimum atomic E-state index is -0.846. The fraction of sp³-hybridized carbons (Fsp3) is 0.762. The Morgan fingerprint density at radius 2 is 2.00 bits per heavy atom. The average Bonchev–Trinajstić information content (AvgIpc) is 3.01. The lowest BCUT2D eigenvalue weighted by Crippen LogP contribution is -2.42. The van der Waals surface area contributed by atoms with E-state index in [-0.39, 0.29) is 12.0 Å². The second-order valence-electron chi connectivity index (χ2n) is 7.25. The molecule has 0 aromatic carbocycles. The molecular weight excluding hydrogens is 300 g/mol. The third kappa shape index (κ3) is 8.25. The van der Waals surface area contributed by atoms with E-state index in [1.807, 2.05) is 27.7 Å². The van der Waals surface area contributed by atoms with Gasteiger partial charge in [0.1, 0.15) is 5.78 Å². The molecule has 140 valence electrons.